The first kappa shape index (κ1) is 11.1. The predicted molar refractivity (Wildman–Crippen MR) is 65.3 cm³/mol. The molecule has 0 saturated heterocycles. The maximum absolute atomic E-state index is 5.46. The van der Waals surface area contributed by atoms with Crippen LogP contribution in [-0.4, -0.2) is 14.2 Å². The molecular formula is C14H16O2. The molecule has 2 heteroatoms. The van der Waals surface area contributed by atoms with Gasteiger partial charge in [0.2, 0.25) is 0 Å². The molecule has 0 aliphatic rings. The Morgan fingerprint density at radius 2 is 1.50 bits per heavy atom. The Morgan fingerprint density at radius 1 is 0.875 bits per heavy atom. The summed E-state index contributed by atoms with van der Waals surface area (Å²) in [6, 6.07) is 14.4. The zero-order chi connectivity index (χ0) is 11.6. The summed E-state index contributed by atoms with van der Waals surface area (Å²) in [4.78, 5) is 0. The molecule has 0 heterocycles. The first-order valence-electron chi connectivity index (χ1n) is 5.30. The van der Waals surface area contributed by atoms with E-state index in [2.05, 4.69) is 18.2 Å². The molecule has 84 valence electrons. The van der Waals surface area contributed by atoms with Gasteiger partial charge in [0.05, 0.1) is 0 Å². The standard InChI is InChI=1S/C14H16O2/c1-14(15-2,16-3)13-10-6-8-11-7-4-5-9-12(11)13/h4-10H,1-3H3. The Balaban J connectivity index is 2.69. The van der Waals surface area contributed by atoms with Gasteiger partial charge in [-0.2, -0.15) is 0 Å². The van der Waals surface area contributed by atoms with Crippen LogP contribution in [0.3, 0.4) is 0 Å². The number of rotatable bonds is 3. The van der Waals surface area contributed by atoms with Gasteiger partial charge in [-0.1, -0.05) is 42.5 Å². The molecule has 0 aromatic heterocycles. The van der Waals surface area contributed by atoms with Crippen LogP contribution in [0.25, 0.3) is 10.8 Å². The van der Waals surface area contributed by atoms with Crippen LogP contribution in [0, 0.1) is 0 Å². The van der Waals surface area contributed by atoms with Crippen LogP contribution in [0.4, 0.5) is 0 Å². The topological polar surface area (TPSA) is 18.5 Å². The van der Waals surface area contributed by atoms with Crippen molar-refractivity contribution >= 4 is 10.8 Å². The van der Waals surface area contributed by atoms with Crippen molar-refractivity contribution in [2.24, 2.45) is 0 Å². The molecule has 2 rings (SSSR count). The van der Waals surface area contributed by atoms with E-state index in [0.717, 1.165) is 10.9 Å². The van der Waals surface area contributed by atoms with Crippen molar-refractivity contribution in [1.29, 1.82) is 0 Å². The van der Waals surface area contributed by atoms with Gasteiger partial charge in [0, 0.05) is 19.8 Å². The quantitative estimate of drug-likeness (QED) is 0.733. The van der Waals surface area contributed by atoms with Crippen LogP contribution in [0.15, 0.2) is 42.5 Å². The van der Waals surface area contributed by atoms with Crippen molar-refractivity contribution in [1.82, 2.24) is 0 Å². The molecule has 0 fully saturated rings. The smallest absolute Gasteiger partial charge is 0.191 e. The van der Waals surface area contributed by atoms with Crippen molar-refractivity contribution in [3.63, 3.8) is 0 Å². The monoisotopic (exact) mass is 216 g/mol. The number of hydrogen-bond donors (Lipinski definition) is 0. The molecule has 2 aromatic rings. The fourth-order valence-electron chi connectivity index (χ4n) is 1.92. The molecule has 0 bridgehead atoms. The Hall–Kier alpha value is -1.38. The van der Waals surface area contributed by atoms with Crippen LogP contribution in [0.2, 0.25) is 0 Å². The Labute approximate surface area is 95.8 Å². The highest BCUT2D eigenvalue weighted by atomic mass is 16.7. The van der Waals surface area contributed by atoms with Gasteiger partial charge in [0.25, 0.3) is 0 Å². The summed E-state index contributed by atoms with van der Waals surface area (Å²) < 4.78 is 10.9. The van der Waals surface area contributed by atoms with Gasteiger partial charge in [0.15, 0.2) is 5.79 Å². The number of fused-ring (bicyclic) bond motifs is 1. The normalized spacial score (nSPS) is 11.9. The molecule has 0 radical (unpaired) electrons. The molecular weight excluding hydrogens is 200 g/mol. The maximum atomic E-state index is 5.46. The summed E-state index contributed by atoms with van der Waals surface area (Å²) in [6.07, 6.45) is 0. The SMILES string of the molecule is COC(C)(OC)c1cccc2ccccc12. The Bertz CT molecular complexity index is 482. The third-order valence-corrected chi connectivity index (χ3v) is 3.06. The van der Waals surface area contributed by atoms with E-state index in [9.17, 15) is 0 Å². The van der Waals surface area contributed by atoms with Crippen molar-refractivity contribution in [2.75, 3.05) is 14.2 Å². The van der Waals surface area contributed by atoms with Gasteiger partial charge < -0.3 is 9.47 Å². The molecule has 0 N–H and O–H groups in total. The van der Waals surface area contributed by atoms with Crippen LogP contribution in [0.1, 0.15) is 12.5 Å². The van der Waals surface area contributed by atoms with Crippen LogP contribution in [-0.2, 0) is 15.3 Å². The maximum Gasteiger partial charge on any atom is 0.191 e. The van der Waals surface area contributed by atoms with Crippen LogP contribution in [0.5, 0.6) is 0 Å². The number of hydrogen-bond acceptors (Lipinski definition) is 2. The Kier molecular flexibility index (Phi) is 2.95. The second kappa shape index (κ2) is 4.24. The van der Waals surface area contributed by atoms with E-state index in [-0.39, 0.29) is 0 Å². The first-order valence-corrected chi connectivity index (χ1v) is 5.30. The van der Waals surface area contributed by atoms with E-state index >= 15 is 0 Å². The van der Waals surface area contributed by atoms with Crippen molar-refractivity contribution in [3.8, 4) is 0 Å². The first-order chi connectivity index (χ1) is 7.71. The molecule has 2 aromatic carbocycles. The minimum atomic E-state index is -0.694. The number of ether oxygens (including phenoxy) is 2. The molecule has 0 aliphatic carbocycles. The molecule has 0 unspecified atom stereocenters. The molecule has 16 heavy (non-hydrogen) atoms. The third kappa shape index (κ3) is 1.70. The van der Waals surface area contributed by atoms with E-state index < -0.39 is 5.79 Å². The van der Waals surface area contributed by atoms with Gasteiger partial charge in [-0.25, -0.2) is 0 Å². The zero-order valence-corrected chi connectivity index (χ0v) is 9.86. The summed E-state index contributed by atoms with van der Waals surface area (Å²) in [5.74, 6) is -0.694. The van der Waals surface area contributed by atoms with Gasteiger partial charge in [-0.15, -0.1) is 0 Å². The lowest BCUT2D eigenvalue weighted by Gasteiger charge is -2.28. The molecule has 2 nitrogen and oxygen atoms in total. The fourth-order valence-corrected chi connectivity index (χ4v) is 1.92. The summed E-state index contributed by atoms with van der Waals surface area (Å²) in [7, 11) is 3.32. The highest BCUT2D eigenvalue weighted by molar-refractivity contribution is 5.86. The number of methoxy groups -OCH3 is 2. The van der Waals surface area contributed by atoms with Gasteiger partial charge in [-0.05, 0) is 17.7 Å². The highest BCUT2D eigenvalue weighted by Crippen LogP contribution is 2.31. The minimum Gasteiger partial charge on any atom is -0.349 e. The average Bonchev–Trinajstić information content (AvgIpc) is 2.37. The lowest BCUT2D eigenvalue weighted by Crippen LogP contribution is -2.26. The molecule has 0 saturated carbocycles. The molecule has 0 atom stereocenters. The highest BCUT2D eigenvalue weighted by Gasteiger charge is 2.27. The molecule has 0 spiro atoms. The summed E-state index contributed by atoms with van der Waals surface area (Å²) in [5.41, 5.74) is 1.05. The number of benzene rings is 2. The van der Waals surface area contributed by atoms with E-state index in [1.807, 2.05) is 31.2 Å². The Morgan fingerprint density at radius 3 is 2.19 bits per heavy atom. The van der Waals surface area contributed by atoms with E-state index in [0.29, 0.717) is 0 Å². The fraction of sp³-hybridized carbons (Fsp3) is 0.286. The summed E-state index contributed by atoms with van der Waals surface area (Å²) in [6.45, 7) is 1.93. The van der Waals surface area contributed by atoms with Crippen molar-refractivity contribution in [2.45, 2.75) is 12.7 Å². The largest absolute Gasteiger partial charge is 0.349 e. The minimum absolute atomic E-state index is 0.694. The van der Waals surface area contributed by atoms with Crippen LogP contribution >= 0.6 is 0 Å². The lowest BCUT2D eigenvalue weighted by molar-refractivity contribution is -0.200. The summed E-state index contributed by atoms with van der Waals surface area (Å²) >= 11 is 0. The third-order valence-electron chi connectivity index (χ3n) is 3.06. The van der Waals surface area contributed by atoms with Gasteiger partial charge >= 0.3 is 0 Å². The van der Waals surface area contributed by atoms with Gasteiger partial charge in [-0.3, -0.25) is 0 Å². The lowest BCUT2D eigenvalue weighted by atomic mass is 9.99. The van der Waals surface area contributed by atoms with Crippen molar-refractivity contribution < 1.29 is 9.47 Å². The van der Waals surface area contributed by atoms with Gasteiger partial charge in [0.1, 0.15) is 0 Å². The molecule has 0 aliphatic heterocycles. The van der Waals surface area contributed by atoms with Crippen molar-refractivity contribution in [3.05, 3.63) is 48.0 Å². The summed E-state index contributed by atoms with van der Waals surface area (Å²) in [5, 5.41) is 2.36. The average molecular weight is 216 g/mol. The van der Waals surface area contributed by atoms with Crippen LogP contribution < -0.4 is 0 Å². The van der Waals surface area contributed by atoms with E-state index in [4.69, 9.17) is 9.47 Å². The van der Waals surface area contributed by atoms with E-state index in [1.54, 1.807) is 14.2 Å². The second-order valence-electron chi connectivity index (χ2n) is 3.88. The zero-order valence-electron chi connectivity index (χ0n) is 9.86. The second-order valence-corrected chi connectivity index (χ2v) is 3.88. The molecule has 0 amide bonds. The van der Waals surface area contributed by atoms with E-state index in [1.165, 1.54) is 5.39 Å². The predicted octanol–water partition coefficient (Wildman–Crippen LogP) is 3.31.